The predicted octanol–water partition coefficient (Wildman–Crippen LogP) is 4.24. The maximum atomic E-state index is 6.23. The van der Waals surface area contributed by atoms with Gasteiger partial charge in [-0.3, -0.25) is 9.82 Å². The summed E-state index contributed by atoms with van der Waals surface area (Å²) in [6.45, 7) is 1.97. The van der Waals surface area contributed by atoms with Crippen LogP contribution >= 0.6 is 11.6 Å². The molecule has 2 aromatic rings. The monoisotopic (exact) mass is 302 g/mol. The first-order chi connectivity index (χ1) is 10.3. The number of hydroxylamine groups is 2. The number of hydrogen-bond acceptors (Lipinski definition) is 3. The molecule has 1 fully saturated rings. The number of halogens is 1. The van der Waals surface area contributed by atoms with E-state index in [2.05, 4.69) is 10.0 Å². The van der Waals surface area contributed by atoms with Gasteiger partial charge in [0.05, 0.1) is 5.69 Å². The molecule has 0 spiro atoms. The van der Waals surface area contributed by atoms with Gasteiger partial charge in [0.25, 0.3) is 0 Å². The fourth-order valence-corrected chi connectivity index (χ4v) is 2.70. The van der Waals surface area contributed by atoms with Crippen molar-refractivity contribution < 1.29 is 4.84 Å². The zero-order valence-corrected chi connectivity index (χ0v) is 12.7. The minimum absolute atomic E-state index is 0.179. The number of benzene rings is 1. The van der Waals surface area contributed by atoms with Gasteiger partial charge < -0.3 is 0 Å². The molecule has 0 aliphatic carbocycles. The van der Waals surface area contributed by atoms with E-state index in [-0.39, 0.29) is 6.10 Å². The first kappa shape index (κ1) is 14.5. The van der Waals surface area contributed by atoms with Gasteiger partial charge in [-0.2, -0.15) is 5.06 Å². The Kier molecular flexibility index (Phi) is 4.86. The van der Waals surface area contributed by atoms with E-state index in [1.807, 2.05) is 42.5 Å². The first-order valence-corrected chi connectivity index (χ1v) is 7.79. The van der Waals surface area contributed by atoms with Crippen LogP contribution in [0.25, 0.3) is 0 Å². The molecule has 1 atom stereocenters. The fraction of sp³-hybridized carbons (Fsp3) is 0.353. The number of nitrogens with zero attached hydrogens (tertiary/aromatic N) is 2. The van der Waals surface area contributed by atoms with Crippen molar-refractivity contribution in [2.75, 3.05) is 13.1 Å². The summed E-state index contributed by atoms with van der Waals surface area (Å²) in [5.41, 5.74) is 1.99. The molecule has 1 unspecified atom stereocenters. The van der Waals surface area contributed by atoms with Gasteiger partial charge in [-0.05, 0) is 42.7 Å². The average Bonchev–Trinajstić information content (AvgIpc) is 2.55. The summed E-state index contributed by atoms with van der Waals surface area (Å²) in [7, 11) is 0. The van der Waals surface area contributed by atoms with Crippen LogP contribution in [0.1, 0.15) is 36.6 Å². The van der Waals surface area contributed by atoms with Crippen molar-refractivity contribution >= 4 is 11.6 Å². The Bertz CT molecular complexity index is 553. The maximum Gasteiger partial charge on any atom is 0.146 e. The van der Waals surface area contributed by atoms with Gasteiger partial charge in [0, 0.05) is 24.3 Å². The highest BCUT2D eigenvalue weighted by Gasteiger charge is 2.21. The van der Waals surface area contributed by atoms with Crippen LogP contribution in [0.3, 0.4) is 0 Å². The second-order valence-corrected chi connectivity index (χ2v) is 5.72. The Labute approximate surface area is 130 Å². The van der Waals surface area contributed by atoms with E-state index in [9.17, 15) is 0 Å². The van der Waals surface area contributed by atoms with E-state index in [4.69, 9.17) is 16.4 Å². The van der Waals surface area contributed by atoms with E-state index in [1.54, 1.807) is 6.20 Å². The van der Waals surface area contributed by atoms with Gasteiger partial charge in [-0.25, -0.2) is 0 Å². The number of piperidine rings is 1. The van der Waals surface area contributed by atoms with Gasteiger partial charge >= 0.3 is 0 Å². The third kappa shape index (κ3) is 3.82. The summed E-state index contributed by atoms with van der Waals surface area (Å²) in [6, 6.07) is 13.7. The third-order valence-corrected chi connectivity index (χ3v) is 3.95. The molecule has 3 rings (SSSR count). The third-order valence-electron chi connectivity index (χ3n) is 3.70. The molecule has 4 heteroatoms. The van der Waals surface area contributed by atoms with E-state index in [0.29, 0.717) is 0 Å². The highest BCUT2D eigenvalue weighted by Crippen LogP contribution is 2.27. The molecule has 110 valence electrons. The highest BCUT2D eigenvalue weighted by atomic mass is 35.5. The van der Waals surface area contributed by atoms with Crippen LogP contribution in [0.15, 0.2) is 48.7 Å². The van der Waals surface area contributed by atoms with Crippen molar-refractivity contribution in [3.05, 3.63) is 64.9 Å². The number of hydrogen-bond donors (Lipinski definition) is 0. The largest absolute Gasteiger partial charge is 0.284 e. The van der Waals surface area contributed by atoms with E-state index in [0.717, 1.165) is 29.4 Å². The fourth-order valence-electron chi connectivity index (χ4n) is 2.57. The molecule has 0 radical (unpaired) electrons. The lowest BCUT2D eigenvalue weighted by molar-refractivity contribution is -0.197. The van der Waals surface area contributed by atoms with E-state index < -0.39 is 0 Å². The van der Waals surface area contributed by atoms with Gasteiger partial charge in [-0.15, -0.1) is 0 Å². The topological polar surface area (TPSA) is 25.4 Å². The van der Waals surface area contributed by atoms with E-state index >= 15 is 0 Å². The summed E-state index contributed by atoms with van der Waals surface area (Å²) >= 11 is 5.99. The zero-order valence-electron chi connectivity index (χ0n) is 11.9. The standard InChI is InChI=1S/C17H19ClN2O/c18-15-9-7-14(8-10-15)17(16-6-2-3-11-19-16)21-20-12-4-1-5-13-20/h2-3,6-11,17H,1,4-5,12-13H2. The number of aromatic nitrogens is 1. The minimum Gasteiger partial charge on any atom is -0.284 e. The molecule has 0 saturated carbocycles. The van der Waals surface area contributed by atoms with Gasteiger partial charge in [-0.1, -0.05) is 36.2 Å². The lowest BCUT2D eigenvalue weighted by Crippen LogP contribution is -2.32. The molecule has 21 heavy (non-hydrogen) atoms. The summed E-state index contributed by atoms with van der Waals surface area (Å²) in [5.74, 6) is 0. The Hall–Kier alpha value is -1.42. The minimum atomic E-state index is -0.179. The van der Waals surface area contributed by atoms with Gasteiger partial charge in [0.2, 0.25) is 0 Å². The van der Waals surface area contributed by atoms with Crippen molar-refractivity contribution in [2.24, 2.45) is 0 Å². The summed E-state index contributed by atoms with van der Waals surface area (Å²) in [4.78, 5) is 10.7. The predicted molar refractivity (Wildman–Crippen MR) is 84.0 cm³/mol. The van der Waals surface area contributed by atoms with Crippen molar-refractivity contribution in [3.63, 3.8) is 0 Å². The molecule has 1 aromatic carbocycles. The SMILES string of the molecule is Clc1ccc(C(ON2CCCCC2)c2ccccn2)cc1. The molecule has 0 amide bonds. The Morgan fingerprint density at radius 2 is 1.76 bits per heavy atom. The summed E-state index contributed by atoms with van der Waals surface area (Å²) in [5, 5.41) is 2.80. The van der Waals surface area contributed by atoms with Crippen molar-refractivity contribution in [1.29, 1.82) is 0 Å². The van der Waals surface area contributed by atoms with Crippen molar-refractivity contribution in [2.45, 2.75) is 25.4 Å². The molecular formula is C17H19ClN2O. The lowest BCUT2D eigenvalue weighted by Gasteiger charge is -2.30. The van der Waals surface area contributed by atoms with Crippen LogP contribution in [0.5, 0.6) is 0 Å². The average molecular weight is 303 g/mol. The molecule has 0 N–H and O–H groups in total. The Morgan fingerprint density at radius 1 is 1.00 bits per heavy atom. The first-order valence-electron chi connectivity index (χ1n) is 7.41. The summed E-state index contributed by atoms with van der Waals surface area (Å²) in [6.07, 6.45) is 5.29. The molecule has 0 bridgehead atoms. The van der Waals surface area contributed by atoms with Crippen molar-refractivity contribution in [1.82, 2.24) is 10.0 Å². The molecular weight excluding hydrogens is 284 g/mol. The second-order valence-electron chi connectivity index (χ2n) is 5.28. The van der Waals surface area contributed by atoms with Gasteiger partial charge in [0.15, 0.2) is 0 Å². The number of pyridine rings is 1. The van der Waals surface area contributed by atoms with Crippen LogP contribution in [0.2, 0.25) is 5.02 Å². The molecule has 3 nitrogen and oxygen atoms in total. The van der Waals surface area contributed by atoms with Crippen LogP contribution in [-0.4, -0.2) is 23.1 Å². The molecule has 2 heterocycles. The zero-order chi connectivity index (χ0) is 14.5. The number of rotatable bonds is 4. The smallest absolute Gasteiger partial charge is 0.146 e. The van der Waals surface area contributed by atoms with Crippen LogP contribution in [0.4, 0.5) is 0 Å². The normalized spacial score (nSPS) is 17.6. The second kappa shape index (κ2) is 7.03. The lowest BCUT2D eigenvalue weighted by atomic mass is 10.1. The molecule has 1 aliphatic heterocycles. The quantitative estimate of drug-likeness (QED) is 0.844. The molecule has 1 aromatic heterocycles. The van der Waals surface area contributed by atoms with Gasteiger partial charge in [0.1, 0.15) is 6.10 Å². The van der Waals surface area contributed by atoms with Crippen molar-refractivity contribution in [3.8, 4) is 0 Å². The maximum absolute atomic E-state index is 6.23. The Balaban J connectivity index is 1.85. The molecule has 1 aliphatic rings. The summed E-state index contributed by atoms with van der Waals surface area (Å²) < 4.78 is 0. The Morgan fingerprint density at radius 3 is 2.43 bits per heavy atom. The van der Waals surface area contributed by atoms with Crippen LogP contribution in [0, 0.1) is 0 Å². The molecule has 1 saturated heterocycles. The van der Waals surface area contributed by atoms with E-state index in [1.165, 1.54) is 19.3 Å². The highest BCUT2D eigenvalue weighted by molar-refractivity contribution is 6.30. The van der Waals surface area contributed by atoms with Crippen LogP contribution < -0.4 is 0 Å². The van der Waals surface area contributed by atoms with Crippen LogP contribution in [-0.2, 0) is 4.84 Å².